The molecular formula is C19H31N3O. The van der Waals surface area contributed by atoms with Gasteiger partial charge < -0.3 is 4.90 Å². The van der Waals surface area contributed by atoms with Crippen molar-refractivity contribution in [1.29, 1.82) is 0 Å². The zero-order valence-electron chi connectivity index (χ0n) is 14.9. The fraction of sp³-hybridized carbons (Fsp3) is 0.789. The number of carbonyl (C=O) groups is 1. The van der Waals surface area contributed by atoms with Gasteiger partial charge in [0.1, 0.15) is 5.69 Å². The number of carbonyl (C=O) groups excluding carboxylic acids is 1. The van der Waals surface area contributed by atoms with Gasteiger partial charge >= 0.3 is 0 Å². The van der Waals surface area contributed by atoms with Crippen molar-refractivity contribution < 1.29 is 4.79 Å². The Morgan fingerprint density at radius 3 is 2.61 bits per heavy atom. The number of piperidine rings is 1. The Bertz CT molecular complexity index is 537. The summed E-state index contributed by atoms with van der Waals surface area (Å²) >= 11 is 0. The average molecular weight is 317 g/mol. The third-order valence-electron chi connectivity index (χ3n) is 5.80. The summed E-state index contributed by atoms with van der Waals surface area (Å²) in [6.07, 6.45) is 8.73. The highest BCUT2D eigenvalue weighted by atomic mass is 16.2. The topological polar surface area (TPSA) is 49.0 Å². The van der Waals surface area contributed by atoms with Crippen LogP contribution >= 0.6 is 0 Å². The number of nitrogens with zero attached hydrogens (tertiary/aromatic N) is 2. The van der Waals surface area contributed by atoms with Gasteiger partial charge in [-0.3, -0.25) is 9.89 Å². The third-order valence-corrected chi connectivity index (χ3v) is 5.80. The Morgan fingerprint density at radius 2 is 1.91 bits per heavy atom. The maximum absolute atomic E-state index is 12.8. The number of amides is 1. The SMILES string of the molecule is CC(C)(C)C1CCCN(C(=O)c2cc(C3CCCCC3)[nH]n2)C1. The molecule has 0 bridgehead atoms. The summed E-state index contributed by atoms with van der Waals surface area (Å²) in [6.45, 7) is 8.58. The first kappa shape index (κ1) is 16.5. The van der Waals surface area contributed by atoms with Crippen LogP contribution in [0.4, 0.5) is 0 Å². The van der Waals surface area contributed by atoms with Crippen molar-refractivity contribution in [2.75, 3.05) is 13.1 Å². The Balaban J connectivity index is 1.67. The van der Waals surface area contributed by atoms with Gasteiger partial charge in [0.2, 0.25) is 0 Å². The minimum atomic E-state index is 0.109. The van der Waals surface area contributed by atoms with Gasteiger partial charge in [0.05, 0.1) is 0 Å². The molecule has 2 aliphatic rings. The van der Waals surface area contributed by atoms with Crippen LogP contribution in [0.15, 0.2) is 6.07 Å². The van der Waals surface area contributed by atoms with Gasteiger partial charge in [-0.05, 0) is 43.1 Å². The lowest BCUT2D eigenvalue weighted by molar-refractivity contribution is 0.0557. The van der Waals surface area contributed by atoms with E-state index in [2.05, 4.69) is 31.0 Å². The number of likely N-dealkylation sites (tertiary alicyclic amines) is 1. The zero-order chi connectivity index (χ0) is 16.4. The summed E-state index contributed by atoms with van der Waals surface area (Å²) in [7, 11) is 0. The summed E-state index contributed by atoms with van der Waals surface area (Å²) in [5.41, 5.74) is 2.04. The summed E-state index contributed by atoms with van der Waals surface area (Å²) in [4.78, 5) is 14.8. The molecule has 1 amide bonds. The number of rotatable bonds is 2. The van der Waals surface area contributed by atoms with Crippen molar-refractivity contribution in [1.82, 2.24) is 15.1 Å². The van der Waals surface area contributed by atoms with E-state index < -0.39 is 0 Å². The van der Waals surface area contributed by atoms with Gasteiger partial charge in [-0.15, -0.1) is 0 Å². The van der Waals surface area contributed by atoms with E-state index in [0.717, 1.165) is 25.2 Å². The largest absolute Gasteiger partial charge is 0.337 e. The molecule has 0 aromatic carbocycles. The zero-order valence-corrected chi connectivity index (χ0v) is 14.9. The predicted octanol–water partition coefficient (Wildman–Crippen LogP) is 4.36. The molecule has 0 radical (unpaired) electrons. The molecular weight excluding hydrogens is 286 g/mol. The van der Waals surface area contributed by atoms with E-state index in [0.29, 0.717) is 17.5 Å². The number of aromatic amines is 1. The molecule has 128 valence electrons. The second kappa shape index (κ2) is 6.66. The molecule has 1 aromatic heterocycles. The van der Waals surface area contributed by atoms with Crippen LogP contribution in [0.1, 0.15) is 87.8 Å². The Morgan fingerprint density at radius 1 is 1.17 bits per heavy atom. The normalized spacial score (nSPS) is 24.0. The van der Waals surface area contributed by atoms with E-state index in [4.69, 9.17) is 0 Å². The van der Waals surface area contributed by atoms with E-state index in [1.807, 2.05) is 11.0 Å². The number of aromatic nitrogens is 2. The molecule has 1 saturated heterocycles. The average Bonchev–Trinajstić information content (AvgIpc) is 3.04. The van der Waals surface area contributed by atoms with Crippen molar-refractivity contribution in [2.45, 2.75) is 71.6 Å². The van der Waals surface area contributed by atoms with Crippen molar-refractivity contribution in [3.63, 3.8) is 0 Å². The van der Waals surface area contributed by atoms with Gasteiger partial charge in [0.25, 0.3) is 5.91 Å². The minimum Gasteiger partial charge on any atom is -0.337 e. The Kier molecular flexibility index (Phi) is 4.79. The molecule has 1 aliphatic heterocycles. The molecule has 2 fully saturated rings. The molecule has 4 nitrogen and oxygen atoms in total. The smallest absolute Gasteiger partial charge is 0.274 e. The van der Waals surface area contributed by atoms with E-state index in [-0.39, 0.29) is 11.3 Å². The second-order valence-corrected chi connectivity index (χ2v) is 8.50. The van der Waals surface area contributed by atoms with Crippen LogP contribution in [-0.2, 0) is 0 Å². The van der Waals surface area contributed by atoms with Crippen LogP contribution in [0.25, 0.3) is 0 Å². The lowest BCUT2D eigenvalue weighted by Crippen LogP contribution is -2.43. The standard InChI is InChI=1S/C19H31N3O/c1-19(2,3)15-10-7-11-22(13-15)18(23)17-12-16(20-21-17)14-8-5-4-6-9-14/h12,14-15H,4-11,13H2,1-3H3,(H,20,21). The molecule has 1 aromatic rings. The van der Waals surface area contributed by atoms with Crippen molar-refractivity contribution in [2.24, 2.45) is 11.3 Å². The fourth-order valence-corrected chi connectivity index (χ4v) is 4.10. The highest BCUT2D eigenvalue weighted by molar-refractivity contribution is 5.92. The summed E-state index contributed by atoms with van der Waals surface area (Å²) in [6, 6.07) is 2.01. The van der Waals surface area contributed by atoms with Crippen molar-refractivity contribution in [3.05, 3.63) is 17.5 Å². The maximum atomic E-state index is 12.8. The van der Waals surface area contributed by atoms with Gasteiger partial charge in [-0.25, -0.2) is 0 Å². The van der Waals surface area contributed by atoms with Crippen molar-refractivity contribution in [3.8, 4) is 0 Å². The van der Waals surface area contributed by atoms with Crippen LogP contribution in [0.3, 0.4) is 0 Å². The summed E-state index contributed by atoms with van der Waals surface area (Å²) in [5.74, 6) is 1.26. The van der Waals surface area contributed by atoms with E-state index >= 15 is 0 Å². The molecule has 1 saturated carbocycles. The second-order valence-electron chi connectivity index (χ2n) is 8.50. The van der Waals surface area contributed by atoms with Crippen LogP contribution in [0.5, 0.6) is 0 Å². The number of hydrogen-bond acceptors (Lipinski definition) is 2. The highest BCUT2D eigenvalue weighted by Crippen LogP contribution is 2.34. The molecule has 1 N–H and O–H groups in total. The molecule has 4 heteroatoms. The van der Waals surface area contributed by atoms with Crippen LogP contribution < -0.4 is 0 Å². The Labute approximate surface area is 140 Å². The highest BCUT2D eigenvalue weighted by Gasteiger charge is 2.32. The van der Waals surface area contributed by atoms with Crippen LogP contribution in [0.2, 0.25) is 0 Å². The quantitative estimate of drug-likeness (QED) is 0.881. The van der Waals surface area contributed by atoms with Gasteiger partial charge in [0.15, 0.2) is 0 Å². The van der Waals surface area contributed by atoms with E-state index in [9.17, 15) is 4.79 Å². The number of H-pyrrole nitrogens is 1. The number of nitrogens with one attached hydrogen (secondary N) is 1. The maximum Gasteiger partial charge on any atom is 0.274 e. The number of hydrogen-bond donors (Lipinski definition) is 1. The summed E-state index contributed by atoms with van der Waals surface area (Å²) in [5, 5.41) is 7.48. The third kappa shape index (κ3) is 3.78. The molecule has 3 rings (SSSR count). The molecule has 23 heavy (non-hydrogen) atoms. The first-order valence-electron chi connectivity index (χ1n) is 9.30. The molecule has 2 heterocycles. The molecule has 0 spiro atoms. The minimum absolute atomic E-state index is 0.109. The summed E-state index contributed by atoms with van der Waals surface area (Å²) < 4.78 is 0. The van der Waals surface area contributed by atoms with Crippen molar-refractivity contribution >= 4 is 5.91 Å². The molecule has 1 unspecified atom stereocenters. The van der Waals surface area contributed by atoms with Crippen LogP contribution in [-0.4, -0.2) is 34.1 Å². The van der Waals surface area contributed by atoms with E-state index in [1.165, 1.54) is 38.5 Å². The van der Waals surface area contributed by atoms with Crippen LogP contribution in [0, 0.1) is 11.3 Å². The fourth-order valence-electron chi connectivity index (χ4n) is 4.10. The monoisotopic (exact) mass is 317 g/mol. The van der Waals surface area contributed by atoms with Gasteiger partial charge in [-0.1, -0.05) is 40.0 Å². The first-order chi connectivity index (χ1) is 10.9. The molecule has 1 atom stereocenters. The first-order valence-corrected chi connectivity index (χ1v) is 9.30. The van der Waals surface area contributed by atoms with Gasteiger partial charge in [0, 0.05) is 24.7 Å². The Hall–Kier alpha value is -1.32. The van der Waals surface area contributed by atoms with E-state index in [1.54, 1.807) is 0 Å². The molecule has 1 aliphatic carbocycles. The lowest BCUT2D eigenvalue weighted by Gasteiger charge is -2.39. The van der Waals surface area contributed by atoms with Gasteiger partial charge in [-0.2, -0.15) is 5.10 Å². The predicted molar refractivity (Wildman–Crippen MR) is 92.5 cm³/mol. The lowest BCUT2D eigenvalue weighted by atomic mass is 9.76.